The summed E-state index contributed by atoms with van der Waals surface area (Å²) in [4.78, 5) is 35.6. The molecule has 0 spiro atoms. The Morgan fingerprint density at radius 3 is 2.75 bits per heavy atom. The van der Waals surface area contributed by atoms with Gasteiger partial charge in [-0.3, -0.25) is 14.5 Å². The fourth-order valence-electron chi connectivity index (χ4n) is 2.00. The van der Waals surface area contributed by atoms with E-state index in [0.29, 0.717) is 5.76 Å². The first-order chi connectivity index (χ1) is 11.4. The molecule has 1 saturated heterocycles. The maximum Gasteiger partial charge on any atom is 0.326 e. The van der Waals surface area contributed by atoms with Crippen LogP contribution in [-0.4, -0.2) is 43.3 Å². The molecule has 1 aromatic heterocycles. The van der Waals surface area contributed by atoms with Crippen LogP contribution < -0.4 is 0 Å². The molecular weight excluding hydrogens is 354 g/mol. The van der Waals surface area contributed by atoms with Crippen LogP contribution in [0.1, 0.15) is 18.6 Å². The molecule has 24 heavy (non-hydrogen) atoms. The maximum absolute atomic E-state index is 12.4. The van der Waals surface area contributed by atoms with Crippen LogP contribution in [-0.2, 0) is 14.4 Å². The summed E-state index contributed by atoms with van der Waals surface area (Å²) in [6.45, 7) is 0. The second kappa shape index (κ2) is 7.93. The number of hydrogen-bond acceptors (Lipinski definition) is 6. The van der Waals surface area contributed by atoms with Crippen molar-refractivity contribution < 1.29 is 29.0 Å². The number of carboxylic acid groups (broad SMARTS) is 2. The molecule has 1 atom stereocenters. The van der Waals surface area contributed by atoms with E-state index >= 15 is 0 Å². The zero-order valence-corrected chi connectivity index (χ0v) is 13.9. The van der Waals surface area contributed by atoms with Gasteiger partial charge in [-0.25, -0.2) is 4.79 Å². The normalized spacial score (nSPS) is 17.8. The molecule has 9 heteroatoms. The summed E-state index contributed by atoms with van der Waals surface area (Å²) in [6, 6.07) is 2.16. The topological polar surface area (TPSA) is 108 Å². The minimum Gasteiger partial charge on any atom is -0.481 e. The standard InChI is InChI=1S/C15H13NO6S2/c17-12(18)7-6-10(14(20)21)16-13(19)11(24-15(16)23)5-1-3-9-4-2-8-22-9/h1-5,8,10H,6-7H2,(H,17,18)(H,20,21)/b3-1+,11-5-. The number of thioether (sulfide) groups is 1. The summed E-state index contributed by atoms with van der Waals surface area (Å²) in [7, 11) is 0. The highest BCUT2D eigenvalue weighted by molar-refractivity contribution is 8.26. The lowest BCUT2D eigenvalue weighted by Crippen LogP contribution is -2.44. The Morgan fingerprint density at radius 2 is 2.17 bits per heavy atom. The fourth-order valence-corrected chi connectivity index (χ4v) is 3.31. The van der Waals surface area contributed by atoms with E-state index in [1.54, 1.807) is 24.3 Å². The number of carbonyl (C=O) groups is 3. The van der Waals surface area contributed by atoms with Gasteiger partial charge in [-0.1, -0.05) is 30.1 Å². The molecule has 1 fully saturated rings. The van der Waals surface area contributed by atoms with E-state index in [-0.39, 0.29) is 22.1 Å². The van der Waals surface area contributed by atoms with E-state index in [1.165, 1.54) is 12.3 Å². The monoisotopic (exact) mass is 367 g/mol. The highest BCUT2D eigenvalue weighted by atomic mass is 32.2. The molecule has 2 heterocycles. The first-order valence-electron chi connectivity index (χ1n) is 6.82. The second-order valence-corrected chi connectivity index (χ2v) is 6.41. The van der Waals surface area contributed by atoms with Crippen LogP contribution in [0.25, 0.3) is 6.08 Å². The zero-order chi connectivity index (χ0) is 17.7. The predicted molar refractivity (Wildman–Crippen MR) is 91.2 cm³/mol. The van der Waals surface area contributed by atoms with Crippen molar-refractivity contribution in [2.24, 2.45) is 0 Å². The van der Waals surface area contributed by atoms with E-state index in [9.17, 15) is 19.5 Å². The predicted octanol–water partition coefficient (Wildman–Crippen LogP) is 2.36. The molecule has 126 valence electrons. The molecule has 1 aliphatic heterocycles. The van der Waals surface area contributed by atoms with Crippen LogP contribution in [0.2, 0.25) is 0 Å². The molecule has 0 aliphatic carbocycles. The maximum atomic E-state index is 12.4. The number of allylic oxidation sites excluding steroid dienone is 2. The van der Waals surface area contributed by atoms with Gasteiger partial charge < -0.3 is 14.6 Å². The Labute approximate surface area is 146 Å². The minimum atomic E-state index is -1.30. The van der Waals surface area contributed by atoms with Gasteiger partial charge in [-0.15, -0.1) is 0 Å². The van der Waals surface area contributed by atoms with E-state index in [2.05, 4.69) is 0 Å². The lowest BCUT2D eigenvalue weighted by Gasteiger charge is -2.22. The Hall–Kier alpha value is -2.39. The van der Waals surface area contributed by atoms with Crippen molar-refractivity contribution in [1.82, 2.24) is 4.90 Å². The number of thiocarbonyl (C=S) groups is 1. The van der Waals surface area contributed by atoms with Crippen LogP contribution in [0.3, 0.4) is 0 Å². The Kier molecular flexibility index (Phi) is 5.93. The highest BCUT2D eigenvalue weighted by Gasteiger charge is 2.40. The molecule has 1 unspecified atom stereocenters. The number of nitrogens with zero attached hydrogens (tertiary/aromatic N) is 1. The molecule has 1 amide bonds. The van der Waals surface area contributed by atoms with Gasteiger partial charge in [0, 0.05) is 6.42 Å². The number of hydrogen-bond donors (Lipinski definition) is 2. The van der Waals surface area contributed by atoms with Gasteiger partial charge in [0.1, 0.15) is 16.1 Å². The third kappa shape index (κ3) is 4.33. The van der Waals surface area contributed by atoms with Crippen molar-refractivity contribution in [3.63, 3.8) is 0 Å². The van der Waals surface area contributed by atoms with Crippen LogP contribution in [0.5, 0.6) is 0 Å². The average Bonchev–Trinajstić information content (AvgIpc) is 3.10. The second-order valence-electron chi connectivity index (χ2n) is 4.74. The van der Waals surface area contributed by atoms with Gasteiger partial charge >= 0.3 is 11.9 Å². The molecule has 2 N–H and O–H groups in total. The van der Waals surface area contributed by atoms with E-state index < -0.39 is 23.9 Å². The van der Waals surface area contributed by atoms with Gasteiger partial charge in [0.05, 0.1) is 11.2 Å². The Balaban J connectivity index is 2.14. The van der Waals surface area contributed by atoms with E-state index in [0.717, 1.165) is 16.7 Å². The molecule has 1 aliphatic rings. The summed E-state index contributed by atoms with van der Waals surface area (Å²) in [6.07, 6.45) is 5.68. The average molecular weight is 367 g/mol. The van der Waals surface area contributed by atoms with Gasteiger partial charge in [-0.05, 0) is 30.7 Å². The first kappa shape index (κ1) is 18.0. The van der Waals surface area contributed by atoms with Crippen molar-refractivity contribution in [3.8, 4) is 0 Å². The number of furan rings is 1. The van der Waals surface area contributed by atoms with Gasteiger partial charge in [0.15, 0.2) is 0 Å². The number of carbonyl (C=O) groups excluding carboxylic acids is 1. The quantitative estimate of drug-likeness (QED) is 0.558. The summed E-state index contributed by atoms with van der Waals surface area (Å²) in [5, 5.41) is 18.0. The SMILES string of the molecule is O=C(O)CCC(C(=O)O)N1C(=O)/C(=C/C=C/c2ccco2)SC1=S. The van der Waals surface area contributed by atoms with Gasteiger partial charge in [0.2, 0.25) is 0 Å². The molecule has 0 bridgehead atoms. The lowest BCUT2D eigenvalue weighted by atomic mass is 10.1. The van der Waals surface area contributed by atoms with Crippen LogP contribution in [0, 0.1) is 0 Å². The lowest BCUT2D eigenvalue weighted by molar-refractivity contribution is -0.146. The zero-order valence-electron chi connectivity index (χ0n) is 12.2. The number of aliphatic carboxylic acids is 2. The Bertz CT molecular complexity index is 722. The minimum absolute atomic E-state index is 0.0930. The van der Waals surface area contributed by atoms with Gasteiger partial charge in [0.25, 0.3) is 5.91 Å². The first-order valence-corrected chi connectivity index (χ1v) is 8.04. The highest BCUT2D eigenvalue weighted by Crippen LogP contribution is 2.33. The van der Waals surface area contributed by atoms with Crippen LogP contribution >= 0.6 is 24.0 Å². The van der Waals surface area contributed by atoms with E-state index in [1.807, 2.05) is 0 Å². The number of carboxylic acids is 2. The smallest absolute Gasteiger partial charge is 0.326 e. The van der Waals surface area contributed by atoms with Gasteiger partial charge in [-0.2, -0.15) is 0 Å². The summed E-state index contributed by atoms with van der Waals surface area (Å²) in [5.74, 6) is -2.37. The summed E-state index contributed by atoms with van der Waals surface area (Å²) < 4.78 is 5.21. The summed E-state index contributed by atoms with van der Waals surface area (Å²) in [5.41, 5.74) is 0. The largest absolute Gasteiger partial charge is 0.481 e. The molecule has 1 aromatic rings. The van der Waals surface area contributed by atoms with Crippen molar-refractivity contribution in [3.05, 3.63) is 41.2 Å². The molecule has 0 aromatic carbocycles. The van der Waals surface area contributed by atoms with E-state index in [4.69, 9.17) is 21.7 Å². The van der Waals surface area contributed by atoms with Crippen molar-refractivity contribution in [2.45, 2.75) is 18.9 Å². The molecule has 7 nitrogen and oxygen atoms in total. The third-order valence-electron chi connectivity index (χ3n) is 3.10. The third-order valence-corrected chi connectivity index (χ3v) is 4.45. The van der Waals surface area contributed by atoms with Crippen molar-refractivity contribution >= 4 is 52.2 Å². The number of amides is 1. The van der Waals surface area contributed by atoms with Crippen molar-refractivity contribution in [1.29, 1.82) is 0 Å². The molecule has 0 radical (unpaired) electrons. The van der Waals surface area contributed by atoms with Crippen LogP contribution in [0.15, 0.2) is 39.9 Å². The number of rotatable bonds is 7. The van der Waals surface area contributed by atoms with Crippen LogP contribution in [0.4, 0.5) is 0 Å². The molecular formula is C15H13NO6S2. The van der Waals surface area contributed by atoms with Crippen molar-refractivity contribution in [2.75, 3.05) is 0 Å². The molecule has 2 rings (SSSR count). The molecule has 0 saturated carbocycles. The fraction of sp³-hybridized carbons (Fsp3) is 0.200. The summed E-state index contributed by atoms with van der Waals surface area (Å²) >= 11 is 6.05. The Morgan fingerprint density at radius 1 is 1.42 bits per heavy atom.